The highest BCUT2D eigenvalue weighted by Crippen LogP contribution is 2.61. The van der Waals surface area contributed by atoms with E-state index >= 15 is 0 Å². The number of nitrogens with zero attached hydrogens (tertiary/aromatic N) is 6. The first-order valence-electron chi connectivity index (χ1n) is 14.5. The van der Waals surface area contributed by atoms with E-state index in [0.717, 1.165) is 22.5 Å². The molecule has 0 aliphatic carbocycles. The first kappa shape index (κ1) is 29.5. The molecule has 3 heterocycles. The molecule has 0 saturated carbocycles. The lowest BCUT2D eigenvalue weighted by Gasteiger charge is -2.53. The van der Waals surface area contributed by atoms with Gasteiger partial charge in [0.15, 0.2) is 5.82 Å². The molecule has 0 N–H and O–H groups in total. The van der Waals surface area contributed by atoms with E-state index in [0.29, 0.717) is 28.4 Å². The Bertz CT molecular complexity index is 1760. The van der Waals surface area contributed by atoms with Crippen LogP contribution in [0.25, 0.3) is 0 Å². The number of hydrogen-bond donors (Lipinski definition) is 0. The molecule has 4 aromatic carbocycles. The second-order valence-corrected chi connectivity index (χ2v) is 15.3. The van der Waals surface area contributed by atoms with Crippen LogP contribution in [0.3, 0.4) is 0 Å². The lowest BCUT2D eigenvalue weighted by Crippen LogP contribution is -2.74. The summed E-state index contributed by atoms with van der Waals surface area (Å²) in [5.41, 5.74) is 4.29. The number of fused-ring (bicyclic) bond motifs is 1. The van der Waals surface area contributed by atoms with E-state index in [9.17, 15) is 4.79 Å². The van der Waals surface area contributed by atoms with Crippen molar-refractivity contribution in [3.8, 4) is 0 Å². The van der Waals surface area contributed by atoms with E-state index < -0.39 is 0 Å². The Hall–Kier alpha value is -3.25. The summed E-state index contributed by atoms with van der Waals surface area (Å²) in [5.74, 6) is 0.805. The minimum atomic E-state index is -0.367. The van der Waals surface area contributed by atoms with Crippen LogP contribution >= 0.6 is 46.0 Å². The highest BCUT2D eigenvalue weighted by atomic mass is 127. The highest BCUT2D eigenvalue weighted by Gasteiger charge is 2.70. The Morgan fingerprint density at radius 3 is 2.18 bits per heavy atom. The number of tetrazole rings is 1. The molecular weight excluding hydrogens is 703 g/mol. The second-order valence-electron chi connectivity index (χ2n) is 11.9. The molecule has 3 atom stereocenters. The molecule has 44 heavy (non-hydrogen) atoms. The minimum Gasteiger partial charge on any atom is -0.307 e. The molecular formula is C34H31ClIN6OS+. The first-order chi connectivity index (χ1) is 21.3. The number of rotatable bonds is 8. The maximum absolute atomic E-state index is 14.8. The van der Waals surface area contributed by atoms with Crippen molar-refractivity contribution < 1.29 is 4.79 Å². The fraction of sp³-hybridized carbons (Fsp3) is 0.235. The predicted molar refractivity (Wildman–Crippen MR) is 184 cm³/mol. The van der Waals surface area contributed by atoms with Crippen molar-refractivity contribution in [2.75, 3.05) is 0 Å². The third-order valence-corrected chi connectivity index (χ3v) is 11.2. The fourth-order valence-corrected chi connectivity index (χ4v) is 9.10. The van der Waals surface area contributed by atoms with Gasteiger partial charge in [0, 0.05) is 18.9 Å². The van der Waals surface area contributed by atoms with Crippen LogP contribution in [0, 0.1) is 3.57 Å². The van der Waals surface area contributed by atoms with Gasteiger partial charge in [0.25, 0.3) is 5.91 Å². The molecule has 2 unspecified atom stereocenters. The fourth-order valence-electron chi connectivity index (χ4n) is 6.76. The van der Waals surface area contributed by atoms with E-state index in [-0.39, 0.29) is 28.1 Å². The monoisotopic (exact) mass is 733 g/mol. The van der Waals surface area contributed by atoms with Crippen LogP contribution in [0.4, 0.5) is 11.4 Å². The molecule has 1 amide bonds. The van der Waals surface area contributed by atoms with Crippen LogP contribution in [0.15, 0.2) is 109 Å². The number of aromatic nitrogens is 4. The number of carbonyl (C=O) groups is 1. The molecule has 10 heteroatoms. The Morgan fingerprint density at radius 1 is 0.886 bits per heavy atom. The van der Waals surface area contributed by atoms with Gasteiger partial charge in [0.1, 0.15) is 29.3 Å². The van der Waals surface area contributed by atoms with Gasteiger partial charge in [0.05, 0.1) is 6.54 Å². The number of hydrogen-bond acceptors (Lipinski definition) is 5. The van der Waals surface area contributed by atoms with Crippen LogP contribution in [0.1, 0.15) is 36.8 Å². The summed E-state index contributed by atoms with van der Waals surface area (Å²) in [5, 5.41) is 13.6. The summed E-state index contributed by atoms with van der Waals surface area (Å²) in [6.07, 6.45) is 0. The van der Waals surface area contributed by atoms with Crippen LogP contribution in [0.2, 0.25) is 5.02 Å². The lowest BCUT2D eigenvalue weighted by molar-refractivity contribution is -0.154. The van der Waals surface area contributed by atoms with E-state index in [1.54, 1.807) is 0 Å². The summed E-state index contributed by atoms with van der Waals surface area (Å²) < 4.78 is 3.05. The third kappa shape index (κ3) is 5.03. The Balaban J connectivity index is 1.32. The van der Waals surface area contributed by atoms with Gasteiger partial charge in [-0.2, -0.15) is 0 Å². The molecule has 7 rings (SSSR count). The standard InChI is InChI=1S/C34H31ClIN6OS/c1-34(2)30(31-37-38-39-40(31)21-23-16-18-26(36)19-17-23)41-32(43)29(33(41)44-34)42(27-12-5-3-6-13-27,28-14-7-4-8-15-28)22-24-10-9-11-25(35)20-24/h3-20,29-30,33H,21-22H2,1-2H3/q+1/t29?,30?,33-/m0/s1. The van der Waals surface area contributed by atoms with Crippen LogP contribution in [-0.2, 0) is 17.9 Å². The van der Waals surface area contributed by atoms with Gasteiger partial charge in [-0.15, -0.1) is 16.9 Å². The van der Waals surface area contributed by atoms with Crippen molar-refractivity contribution >= 4 is 63.2 Å². The zero-order valence-corrected chi connectivity index (χ0v) is 28.0. The Labute approximate surface area is 279 Å². The topological polar surface area (TPSA) is 63.9 Å². The third-order valence-electron chi connectivity index (χ3n) is 8.69. The summed E-state index contributed by atoms with van der Waals surface area (Å²) >= 11 is 10.6. The van der Waals surface area contributed by atoms with Gasteiger partial charge < -0.3 is 4.90 Å². The van der Waals surface area contributed by atoms with Crippen molar-refractivity contribution in [3.05, 3.63) is 135 Å². The number of halogens is 2. The molecule has 1 aromatic heterocycles. The molecule has 2 fully saturated rings. The number of benzene rings is 4. The molecule has 222 valence electrons. The van der Waals surface area contributed by atoms with Crippen LogP contribution < -0.4 is 4.48 Å². The van der Waals surface area contributed by atoms with Gasteiger partial charge in [-0.05, 0) is 101 Å². The van der Waals surface area contributed by atoms with Crippen molar-refractivity contribution in [2.24, 2.45) is 0 Å². The van der Waals surface area contributed by atoms with Gasteiger partial charge in [-0.25, -0.2) is 9.16 Å². The largest absolute Gasteiger partial charge is 0.307 e. The number of quaternary nitrogens is 1. The molecule has 0 spiro atoms. The minimum absolute atomic E-state index is 0.0921. The van der Waals surface area contributed by atoms with E-state index in [1.807, 2.05) is 51.7 Å². The van der Waals surface area contributed by atoms with Crippen molar-refractivity contribution in [2.45, 2.75) is 49.1 Å². The molecule has 0 radical (unpaired) electrons. The number of amides is 1. The first-order valence-corrected chi connectivity index (χ1v) is 16.9. The molecule has 7 nitrogen and oxygen atoms in total. The van der Waals surface area contributed by atoms with Crippen molar-refractivity contribution in [1.82, 2.24) is 29.6 Å². The summed E-state index contributed by atoms with van der Waals surface area (Å²) in [4.78, 5) is 16.8. The lowest BCUT2D eigenvalue weighted by atomic mass is 9.91. The number of carbonyl (C=O) groups excluding carboxylic acids is 1. The average Bonchev–Trinajstić information content (AvgIpc) is 3.57. The van der Waals surface area contributed by atoms with E-state index in [4.69, 9.17) is 11.6 Å². The zero-order valence-electron chi connectivity index (χ0n) is 24.3. The van der Waals surface area contributed by atoms with Gasteiger partial charge in [-0.1, -0.05) is 72.3 Å². The number of β-lactam (4-membered cyclic amide) rings is 1. The van der Waals surface area contributed by atoms with Crippen LogP contribution in [0.5, 0.6) is 0 Å². The molecule has 2 saturated heterocycles. The van der Waals surface area contributed by atoms with Gasteiger partial charge >= 0.3 is 0 Å². The van der Waals surface area contributed by atoms with Gasteiger partial charge in [0.2, 0.25) is 6.04 Å². The normalized spacial score (nSPS) is 20.8. The van der Waals surface area contributed by atoms with Crippen molar-refractivity contribution in [3.63, 3.8) is 0 Å². The Kier molecular flexibility index (Phi) is 7.76. The number of thioether (sulfide) groups is 1. The SMILES string of the molecule is CC1(C)S[C@H]2C([N+](Cc3cccc(Cl)c3)(c3ccccc3)c3ccccc3)C(=O)N2C1c1nnnn1Cc1ccc(I)cc1. The maximum Gasteiger partial charge on any atom is 0.286 e. The van der Waals surface area contributed by atoms with Crippen molar-refractivity contribution in [1.29, 1.82) is 0 Å². The molecule has 5 aromatic rings. The summed E-state index contributed by atoms with van der Waals surface area (Å²) in [6, 6.07) is 36.5. The number of para-hydroxylation sites is 2. The molecule has 2 aliphatic heterocycles. The molecule has 0 bridgehead atoms. The average molecular weight is 734 g/mol. The summed E-state index contributed by atoms with van der Waals surface area (Å²) in [7, 11) is 0. The van der Waals surface area contributed by atoms with Crippen LogP contribution in [-0.4, -0.2) is 47.2 Å². The maximum atomic E-state index is 14.8. The summed E-state index contributed by atoms with van der Waals surface area (Å²) in [6.45, 7) is 5.51. The highest BCUT2D eigenvalue weighted by molar-refractivity contribution is 14.1. The zero-order chi connectivity index (χ0) is 30.5. The quantitative estimate of drug-likeness (QED) is 0.0934. The smallest absolute Gasteiger partial charge is 0.286 e. The Morgan fingerprint density at radius 2 is 1.55 bits per heavy atom. The van der Waals surface area contributed by atoms with E-state index in [2.05, 4.69) is 131 Å². The second kappa shape index (κ2) is 11.6. The van der Waals surface area contributed by atoms with Gasteiger partial charge in [-0.3, -0.25) is 4.79 Å². The predicted octanol–water partition coefficient (Wildman–Crippen LogP) is 7.62. The molecule has 2 aliphatic rings. The van der Waals surface area contributed by atoms with E-state index in [1.165, 1.54) is 3.57 Å².